The number of benzene rings is 1. The fourth-order valence-electron chi connectivity index (χ4n) is 1.24. The van der Waals surface area contributed by atoms with Gasteiger partial charge in [0.05, 0.1) is 0 Å². The van der Waals surface area contributed by atoms with Gasteiger partial charge in [0.1, 0.15) is 6.04 Å². The van der Waals surface area contributed by atoms with Gasteiger partial charge in [-0.1, -0.05) is 6.07 Å². The van der Waals surface area contributed by atoms with Gasteiger partial charge in [0.25, 0.3) is 5.91 Å². The minimum Gasteiger partial charge on any atom is -0.480 e. The third kappa shape index (κ3) is 2.50. The van der Waals surface area contributed by atoms with Gasteiger partial charge < -0.3 is 16.2 Å². The second kappa shape index (κ2) is 4.65. The highest BCUT2D eigenvalue weighted by molar-refractivity contribution is 5.98. The van der Waals surface area contributed by atoms with Crippen LogP contribution in [0.2, 0.25) is 0 Å². The summed E-state index contributed by atoms with van der Waals surface area (Å²) in [7, 11) is 0. The average Bonchev–Trinajstić information content (AvgIpc) is 2.21. The second-order valence-corrected chi connectivity index (χ2v) is 3.55. The summed E-state index contributed by atoms with van der Waals surface area (Å²) in [4.78, 5) is 22.3. The van der Waals surface area contributed by atoms with Crippen LogP contribution in [0.5, 0.6) is 0 Å². The molecule has 0 fully saturated rings. The van der Waals surface area contributed by atoms with E-state index in [-0.39, 0.29) is 0 Å². The number of nitrogen functional groups attached to an aromatic ring is 1. The maximum absolute atomic E-state index is 11.7. The lowest BCUT2D eigenvalue weighted by molar-refractivity contribution is -0.138. The zero-order chi connectivity index (χ0) is 12.3. The van der Waals surface area contributed by atoms with Crippen LogP contribution in [-0.2, 0) is 4.79 Å². The van der Waals surface area contributed by atoms with Crippen LogP contribution in [0.15, 0.2) is 18.2 Å². The first kappa shape index (κ1) is 12.0. The molecule has 16 heavy (non-hydrogen) atoms. The Morgan fingerprint density at radius 1 is 1.44 bits per heavy atom. The molecule has 0 saturated carbocycles. The Kier molecular flexibility index (Phi) is 3.50. The van der Waals surface area contributed by atoms with Crippen molar-refractivity contribution in [3.8, 4) is 0 Å². The van der Waals surface area contributed by atoms with Crippen molar-refractivity contribution in [3.05, 3.63) is 29.3 Å². The zero-order valence-corrected chi connectivity index (χ0v) is 9.15. The molecule has 5 heteroatoms. The molecule has 4 N–H and O–H groups in total. The Labute approximate surface area is 93.3 Å². The summed E-state index contributed by atoms with van der Waals surface area (Å²) in [6, 6.07) is 4.03. The smallest absolute Gasteiger partial charge is 0.325 e. The molecule has 1 rings (SSSR count). The van der Waals surface area contributed by atoms with Crippen molar-refractivity contribution < 1.29 is 14.7 Å². The van der Waals surface area contributed by atoms with Crippen molar-refractivity contribution in [2.75, 3.05) is 5.73 Å². The first-order chi connectivity index (χ1) is 7.43. The molecule has 86 valence electrons. The lowest BCUT2D eigenvalue weighted by Crippen LogP contribution is -2.38. The monoisotopic (exact) mass is 222 g/mol. The Bertz CT molecular complexity index is 429. The molecule has 0 saturated heterocycles. The van der Waals surface area contributed by atoms with E-state index in [4.69, 9.17) is 10.8 Å². The second-order valence-electron chi connectivity index (χ2n) is 3.55. The van der Waals surface area contributed by atoms with E-state index in [1.165, 1.54) is 6.92 Å². The van der Waals surface area contributed by atoms with Crippen molar-refractivity contribution >= 4 is 17.6 Å². The van der Waals surface area contributed by atoms with Gasteiger partial charge in [0.2, 0.25) is 0 Å². The van der Waals surface area contributed by atoms with Crippen molar-refractivity contribution in [1.29, 1.82) is 0 Å². The van der Waals surface area contributed by atoms with Gasteiger partial charge in [-0.05, 0) is 31.5 Å². The van der Waals surface area contributed by atoms with Crippen LogP contribution in [-0.4, -0.2) is 23.0 Å². The van der Waals surface area contributed by atoms with Crippen molar-refractivity contribution in [2.24, 2.45) is 0 Å². The topological polar surface area (TPSA) is 92.4 Å². The van der Waals surface area contributed by atoms with Gasteiger partial charge in [0, 0.05) is 11.3 Å². The predicted octanol–water partition coefficient (Wildman–Crippen LogP) is 0.780. The SMILES string of the molecule is Cc1c(N)cccc1C(=O)N[C@H](C)C(=O)O. The number of carboxylic acids is 1. The van der Waals surface area contributed by atoms with Gasteiger partial charge in [-0.2, -0.15) is 0 Å². The number of anilines is 1. The lowest BCUT2D eigenvalue weighted by atomic mass is 10.1. The molecule has 1 aromatic carbocycles. The Morgan fingerprint density at radius 3 is 2.62 bits per heavy atom. The summed E-state index contributed by atoms with van der Waals surface area (Å²) >= 11 is 0. The van der Waals surface area contributed by atoms with E-state index in [2.05, 4.69) is 5.32 Å². The first-order valence-corrected chi connectivity index (χ1v) is 4.82. The Balaban J connectivity index is 2.89. The number of hydrogen-bond acceptors (Lipinski definition) is 3. The number of amides is 1. The molecule has 1 amide bonds. The van der Waals surface area contributed by atoms with Gasteiger partial charge in [-0.15, -0.1) is 0 Å². The van der Waals surface area contributed by atoms with E-state index >= 15 is 0 Å². The highest BCUT2D eigenvalue weighted by atomic mass is 16.4. The molecular formula is C11H14N2O3. The molecular weight excluding hydrogens is 208 g/mol. The lowest BCUT2D eigenvalue weighted by Gasteiger charge is -2.11. The van der Waals surface area contributed by atoms with Gasteiger partial charge in [0.15, 0.2) is 0 Å². The standard InChI is InChI=1S/C11H14N2O3/c1-6-8(4-3-5-9(6)12)10(14)13-7(2)11(15)16/h3-5,7H,12H2,1-2H3,(H,13,14)(H,15,16)/t7-/m1/s1. The van der Waals surface area contributed by atoms with Crippen LogP contribution in [0, 0.1) is 6.92 Å². The summed E-state index contributed by atoms with van der Waals surface area (Å²) in [5, 5.41) is 11.0. The fraction of sp³-hybridized carbons (Fsp3) is 0.273. The Morgan fingerprint density at radius 2 is 2.06 bits per heavy atom. The quantitative estimate of drug-likeness (QED) is 0.659. The minimum absolute atomic E-state index is 0.396. The molecule has 0 aromatic heterocycles. The highest BCUT2D eigenvalue weighted by Crippen LogP contribution is 2.15. The van der Waals surface area contributed by atoms with Crippen LogP contribution >= 0.6 is 0 Å². The molecule has 1 atom stereocenters. The Hall–Kier alpha value is -2.04. The molecule has 0 aliphatic rings. The minimum atomic E-state index is -1.07. The van der Waals surface area contributed by atoms with Crippen LogP contribution in [0.1, 0.15) is 22.8 Å². The summed E-state index contributed by atoms with van der Waals surface area (Å²) in [5.74, 6) is -1.50. The number of aliphatic carboxylic acids is 1. The largest absolute Gasteiger partial charge is 0.480 e. The number of nitrogens with two attached hydrogens (primary N) is 1. The van der Waals surface area contributed by atoms with Crippen LogP contribution in [0.4, 0.5) is 5.69 Å². The number of carbonyl (C=O) groups is 2. The fourth-order valence-corrected chi connectivity index (χ4v) is 1.24. The van der Waals surface area contributed by atoms with Gasteiger partial charge >= 0.3 is 5.97 Å². The molecule has 0 radical (unpaired) electrons. The number of nitrogens with one attached hydrogen (secondary N) is 1. The molecule has 0 aliphatic heterocycles. The molecule has 0 spiro atoms. The molecule has 0 heterocycles. The molecule has 0 aliphatic carbocycles. The van der Waals surface area contributed by atoms with Gasteiger partial charge in [-0.25, -0.2) is 0 Å². The van der Waals surface area contributed by atoms with E-state index < -0.39 is 17.9 Å². The van der Waals surface area contributed by atoms with Crippen molar-refractivity contribution in [1.82, 2.24) is 5.32 Å². The van der Waals surface area contributed by atoms with Crippen LogP contribution < -0.4 is 11.1 Å². The van der Waals surface area contributed by atoms with E-state index in [9.17, 15) is 9.59 Å². The number of carbonyl (C=O) groups excluding carboxylic acids is 1. The van der Waals surface area contributed by atoms with E-state index in [0.717, 1.165) is 0 Å². The summed E-state index contributed by atoms with van der Waals surface area (Å²) in [6.07, 6.45) is 0. The highest BCUT2D eigenvalue weighted by Gasteiger charge is 2.16. The van der Waals surface area contributed by atoms with E-state index in [1.54, 1.807) is 25.1 Å². The average molecular weight is 222 g/mol. The molecule has 0 bridgehead atoms. The molecule has 1 aromatic rings. The summed E-state index contributed by atoms with van der Waals surface area (Å²) in [6.45, 7) is 3.12. The summed E-state index contributed by atoms with van der Waals surface area (Å²) < 4.78 is 0. The number of hydrogen-bond donors (Lipinski definition) is 3. The molecule has 5 nitrogen and oxygen atoms in total. The maximum Gasteiger partial charge on any atom is 0.325 e. The third-order valence-corrected chi connectivity index (χ3v) is 2.34. The summed E-state index contributed by atoms with van der Waals surface area (Å²) in [5.41, 5.74) is 7.21. The number of carboxylic acid groups (broad SMARTS) is 1. The predicted molar refractivity (Wildman–Crippen MR) is 60.2 cm³/mol. The van der Waals surface area contributed by atoms with Crippen LogP contribution in [0.25, 0.3) is 0 Å². The zero-order valence-electron chi connectivity index (χ0n) is 9.15. The van der Waals surface area contributed by atoms with Crippen molar-refractivity contribution in [3.63, 3.8) is 0 Å². The van der Waals surface area contributed by atoms with Crippen LogP contribution in [0.3, 0.4) is 0 Å². The molecule has 0 unspecified atom stereocenters. The van der Waals surface area contributed by atoms with E-state index in [0.29, 0.717) is 16.8 Å². The third-order valence-electron chi connectivity index (χ3n) is 2.34. The van der Waals surface area contributed by atoms with Crippen molar-refractivity contribution in [2.45, 2.75) is 19.9 Å². The maximum atomic E-state index is 11.7. The normalized spacial score (nSPS) is 11.9. The van der Waals surface area contributed by atoms with Gasteiger partial charge in [-0.3, -0.25) is 9.59 Å². The van der Waals surface area contributed by atoms with E-state index in [1.807, 2.05) is 0 Å². The first-order valence-electron chi connectivity index (χ1n) is 4.82. The number of rotatable bonds is 3.